The second-order valence-corrected chi connectivity index (χ2v) is 16.1. The number of thiophene rings is 1. The largest absolute Gasteiger partial charge is 0.456 e. The second-order valence-electron chi connectivity index (χ2n) is 15.0. The van der Waals surface area contributed by atoms with Crippen molar-refractivity contribution in [3.05, 3.63) is 205 Å². The van der Waals surface area contributed by atoms with Gasteiger partial charge in [0.05, 0.1) is 0 Å². The van der Waals surface area contributed by atoms with Gasteiger partial charge in [0, 0.05) is 42.1 Å². The first-order chi connectivity index (χ1) is 28.7. The Kier molecular flexibility index (Phi) is 7.43. The Balaban J connectivity index is 0.927. The Morgan fingerprint density at radius 2 is 1.10 bits per heavy atom. The lowest BCUT2D eigenvalue weighted by Crippen LogP contribution is -2.33. The third-order valence-corrected chi connectivity index (χ3v) is 12.6. The molecule has 0 saturated carbocycles. The number of rotatable bonds is 5. The number of amidine groups is 2. The third kappa shape index (κ3) is 5.51. The fourth-order valence-corrected chi connectivity index (χ4v) is 9.66. The Bertz CT molecular complexity index is 3500. The molecule has 0 radical (unpaired) electrons. The van der Waals surface area contributed by atoms with Crippen molar-refractivity contribution in [1.29, 1.82) is 0 Å². The van der Waals surface area contributed by atoms with Gasteiger partial charge in [-0.05, 0) is 110 Å². The molecule has 0 fully saturated rings. The lowest BCUT2D eigenvalue weighted by atomic mass is 9.95. The van der Waals surface area contributed by atoms with E-state index in [-0.39, 0.29) is 6.17 Å². The van der Waals surface area contributed by atoms with Crippen molar-refractivity contribution in [2.45, 2.75) is 6.17 Å². The highest BCUT2D eigenvalue weighted by molar-refractivity contribution is 7.25. The van der Waals surface area contributed by atoms with E-state index in [2.05, 4.69) is 187 Å². The van der Waals surface area contributed by atoms with E-state index in [0.717, 1.165) is 72.2 Å². The van der Waals surface area contributed by atoms with Crippen molar-refractivity contribution in [3.8, 4) is 22.3 Å². The lowest BCUT2D eigenvalue weighted by Gasteiger charge is -2.24. The standard InChI is InChI=1S/C53H33N3OS/c1-2-10-33(11-3-1)51-54-52(56-53(55-51)41-24-26-49-44(31-41)43-13-6-7-16-48(43)58-49)40-22-20-36-28-39(21-19-37(36)29-40)42-14-8-15-47-50(42)45-30-38(23-25-46(45)57-47)35-18-17-32-9-4-5-12-34(32)27-35/h1-31,51H,(H,54,55,56). The van der Waals surface area contributed by atoms with Crippen molar-refractivity contribution in [1.82, 2.24) is 5.32 Å². The van der Waals surface area contributed by atoms with E-state index in [1.807, 2.05) is 17.4 Å². The topological polar surface area (TPSA) is 49.9 Å². The average molecular weight is 760 g/mol. The number of benzene rings is 9. The van der Waals surface area contributed by atoms with Gasteiger partial charge >= 0.3 is 0 Å². The minimum Gasteiger partial charge on any atom is -0.456 e. The Hall–Kier alpha value is -7.34. The fourth-order valence-electron chi connectivity index (χ4n) is 8.57. The van der Waals surface area contributed by atoms with E-state index < -0.39 is 0 Å². The molecule has 1 N–H and O–H groups in total. The molecule has 0 saturated heterocycles. The zero-order valence-corrected chi connectivity index (χ0v) is 32.0. The Labute approximate surface area is 338 Å². The summed E-state index contributed by atoms with van der Waals surface area (Å²) in [4.78, 5) is 10.4. The number of hydrogen-bond acceptors (Lipinski definition) is 5. The number of hydrogen-bond donors (Lipinski definition) is 1. The zero-order valence-electron chi connectivity index (χ0n) is 31.2. The number of nitrogens with zero attached hydrogens (tertiary/aromatic N) is 2. The molecule has 0 bridgehead atoms. The molecule has 12 rings (SSSR count). The van der Waals surface area contributed by atoms with Crippen molar-refractivity contribution >= 4 is 86.7 Å². The monoisotopic (exact) mass is 759 g/mol. The lowest BCUT2D eigenvalue weighted by molar-refractivity contribution is 0.669. The summed E-state index contributed by atoms with van der Waals surface area (Å²) in [7, 11) is 0. The summed E-state index contributed by atoms with van der Waals surface area (Å²) in [5, 5.41) is 13.2. The molecule has 1 aliphatic heterocycles. The number of aliphatic imine (C=N–C) groups is 2. The van der Waals surface area contributed by atoms with Crippen LogP contribution in [0.3, 0.4) is 0 Å². The van der Waals surface area contributed by atoms with Gasteiger partial charge in [-0.15, -0.1) is 11.3 Å². The minimum absolute atomic E-state index is 0.274. The van der Waals surface area contributed by atoms with Gasteiger partial charge in [0.1, 0.15) is 23.2 Å². The van der Waals surface area contributed by atoms with Crippen LogP contribution in [0.1, 0.15) is 22.9 Å². The quantitative estimate of drug-likeness (QED) is 0.190. The van der Waals surface area contributed by atoms with Crippen LogP contribution in [0.4, 0.5) is 0 Å². The van der Waals surface area contributed by atoms with E-state index in [4.69, 9.17) is 14.4 Å². The molecule has 0 amide bonds. The minimum atomic E-state index is -0.274. The van der Waals surface area contributed by atoms with Crippen molar-refractivity contribution in [3.63, 3.8) is 0 Å². The highest BCUT2D eigenvalue weighted by Gasteiger charge is 2.22. The predicted octanol–water partition coefficient (Wildman–Crippen LogP) is 14.1. The van der Waals surface area contributed by atoms with E-state index in [0.29, 0.717) is 0 Å². The molecule has 1 atom stereocenters. The molecule has 9 aromatic carbocycles. The van der Waals surface area contributed by atoms with Crippen molar-refractivity contribution < 1.29 is 4.42 Å². The summed E-state index contributed by atoms with van der Waals surface area (Å²) in [6, 6.07) is 67.0. The number of nitrogens with one attached hydrogen (secondary N) is 1. The van der Waals surface area contributed by atoms with Crippen molar-refractivity contribution in [2.75, 3.05) is 0 Å². The number of fused-ring (bicyclic) bond motifs is 8. The Morgan fingerprint density at radius 1 is 0.448 bits per heavy atom. The molecular formula is C53H33N3OS. The van der Waals surface area contributed by atoms with Gasteiger partial charge in [0.15, 0.2) is 5.84 Å². The molecule has 0 spiro atoms. The van der Waals surface area contributed by atoms with E-state index in [9.17, 15) is 0 Å². The van der Waals surface area contributed by atoms with Crippen LogP contribution in [0.2, 0.25) is 0 Å². The van der Waals surface area contributed by atoms with Gasteiger partial charge in [-0.1, -0.05) is 127 Å². The summed E-state index contributed by atoms with van der Waals surface area (Å²) >= 11 is 1.82. The fraction of sp³-hybridized carbons (Fsp3) is 0.0189. The molecule has 3 heterocycles. The second kappa shape index (κ2) is 13.1. The first-order valence-corrected chi connectivity index (χ1v) is 20.4. The molecule has 58 heavy (non-hydrogen) atoms. The highest BCUT2D eigenvalue weighted by atomic mass is 32.1. The molecule has 272 valence electrons. The van der Waals surface area contributed by atoms with Crippen molar-refractivity contribution in [2.24, 2.45) is 9.98 Å². The van der Waals surface area contributed by atoms with Gasteiger partial charge in [-0.3, -0.25) is 0 Å². The van der Waals surface area contributed by atoms with Crippen LogP contribution in [0.25, 0.3) is 85.9 Å². The summed E-state index contributed by atoms with van der Waals surface area (Å²) in [6.45, 7) is 0. The molecule has 2 aromatic heterocycles. The summed E-state index contributed by atoms with van der Waals surface area (Å²) in [5.41, 5.74) is 9.54. The maximum absolute atomic E-state index is 6.43. The van der Waals surface area contributed by atoms with Crippen LogP contribution in [-0.4, -0.2) is 11.7 Å². The van der Waals surface area contributed by atoms with E-state index >= 15 is 0 Å². The molecule has 5 heteroatoms. The van der Waals surface area contributed by atoms with Gasteiger partial charge in [-0.2, -0.15) is 0 Å². The van der Waals surface area contributed by atoms with Gasteiger partial charge < -0.3 is 9.73 Å². The van der Waals surface area contributed by atoms with Crippen LogP contribution in [-0.2, 0) is 0 Å². The highest BCUT2D eigenvalue weighted by Crippen LogP contribution is 2.40. The maximum atomic E-state index is 6.43. The van der Waals surface area contributed by atoms with Gasteiger partial charge in [0.2, 0.25) is 0 Å². The summed E-state index contributed by atoms with van der Waals surface area (Å²) in [5.74, 6) is 1.52. The summed E-state index contributed by atoms with van der Waals surface area (Å²) < 4.78 is 8.98. The Morgan fingerprint density at radius 3 is 2.02 bits per heavy atom. The van der Waals surface area contributed by atoms with Crippen LogP contribution in [0.5, 0.6) is 0 Å². The number of furan rings is 1. The summed E-state index contributed by atoms with van der Waals surface area (Å²) in [6.07, 6.45) is -0.274. The predicted molar refractivity (Wildman–Crippen MR) is 244 cm³/mol. The maximum Gasteiger partial charge on any atom is 0.159 e. The molecule has 4 nitrogen and oxygen atoms in total. The van der Waals surface area contributed by atoms with E-state index in [1.165, 1.54) is 42.1 Å². The zero-order chi connectivity index (χ0) is 38.2. The molecule has 0 aliphatic carbocycles. The van der Waals surface area contributed by atoms with Gasteiger partial charge in [-0.25, -0.2) is 9.98 Å². The molecule has 1 unspecified atom stereocenters. The molecule has 11 aromatic rings. The third-order valence-electron chi connectivity index (χ3n) is 11.5. The smallest absolute Gasteiger partial charge is 0.159 e. The average Bonchev–Trinajstić information content (AvgIpc) is 3.86. The first kappa shape index (κ1) is 32.9. The molecular weight excluding hydrogens is 727 g/mol. The molecule has 1 aliphatic rings. The van der Waals surface area contributed by atoms with Crippen LogP contribution in [0.15, 0.2) is 202 Å². The van der Waals surface area contributed by atoms with Crippen LogP contribution < -0.4 is 5.32 Å². The normalized spacial score (nSPS) is 14.4. The van der Waals surface area contributed by atoms with E-state index in [1.54, 1.807) is 0 Å². The SMILES string of the molecule is c1ccc(C2N=C(c3ccc4sc5ccccc5c4c3)N=C(c3ccc4cc(-c5cccc6oc7ccc(-c8ccc9ccccc9c8)cc7c56)ccc4c3)N2)cc1. The van der Waals surface area contributed by atoms with Crippen LogP contribution in [0, 0.1) is 0 Å². The van der Waals surface area contributed by atoms with Gasteiger partial charge in [0.25, 0.3) is 0 Å². The van der Waals surface area contributed by atoms with Crippen LogP contribution >= 0.6 is 11.3 Å². The first-order valence-electron chi connectivity index (χ1n) is 19.6.